The van der Waals surface area contributed by atoms with E-state index in [1.807, 2.05) is 11.3 Å². The average molecular weight is 299 g/mol. The Kier molecular flexibility index (Phi) is 5.35. The van der Waals surface area contributed by atoms with Crippen molar-refractivity contribution in [2.45, 2.75) is 58.0 Å². The Labute approximate surface area is 125 Å². The molecule has 0 radical (unpaired) electrons. The Hall–Kier alpha value is -0.0300. The highest BCUT2D eigenvalue weighted by atomic mass is 32.2. The Morgan fingerprint density at radius 1 is 1.37 bits per heavy atom. The van der Waals surface area contributed by atoms with E-state index in [-0.39, 0.29) is 5.54 Å². The lowest BCUT2D eigenvalue weighted by molar-refractivity contribution is 0.388. The molecule has 0 bridgehead atoms. The van der Waals surface area contributed by atoms with Crippen molar-refractivity contribution in [3.05, 3.63) is 21.4 Å². The van der Waals surface area contributed by atoms with Crippen LogP contribution in [0.1, 0.15) is 43.0 Å². The van der Waals surface area contributed by atoms with Crippen molar-refractivity contribution in [1.82, 2.24) is 10.6 Å². The lowest BCUT2D eigenvalue weighted by Gasteiger charge is -2.23. The van der Waals surface area contributed by atoms with E-state index in [2.05, 4.69) is 56.2 Å². The Morgan fingerprint density at radius 2 is 2.16 bits per heavy atom. The third kappa shape index (κ3) is 5.10. The van der Waals surface area contributed by atoms with Gasteiger partial charge in [-0.3, -0.25) is 0 Å². The Morgan fingerprint density at radius 3 is 2.84 bits per heavy atom. The molecule has 0 fully saturated rings. The summed E-state index contributed by atoms with van der Waals surface area (Å²) in [5.41, 5.74) is 1.79. The third-order valence-electron chi connectivity index (χ3n) is 3.24. The number of aryl methyl sites for hydroxylation is 1. The predicted octanol–water partition coefficient (Wildman–Crippen LogP) is 3.40. The van der Waals surface area contributed by atoms with E-state index in [9.17, 15) is 0 Å². The highest BCUT2D eigenvalue weighted by Crippen LogP contribution is 2.31. The fourth-order valence-electron chi connectivity index (χ4n) is 2.10. The molecule has 1 aromatic heterocycles. The largest absolute Gasteiger partial charge is 0.311 e. The molecule has 0 spiro atoms. The van der Waals surface area contributed by atoms with Crippen LogP contribution in [0.15, 0.2) is 6.07 Å². The van der Waals surface area contributed by atoms with Gasteiger partial charge in [0.05, 0.1) is 0 Å². The monoisotopic (exact) mass is 298 g/mol. The van der Waals surface area contributed by atoms with Crippen LogP contribution in [0.2, 0.25) is 0 Å². The topological polar surface area (TPSA) is 24.1 Å². The molecule has 1 unspecified atom stereocenters. The fourth-order valence-corrected chi connectivity index (χ4v) is 4.43. The second-order valence-electron chi connectivity index (χ2n) is 6.38. The van der Waals surface area contributed by atoms with Gasteiger partial charge in [0, 0.05) is 40.2 Å². The van der Waals surface area contributed by atoms with E-state index in [1.54, 1.807) is 10.4 Å². The van der Waals surface area contributed by atoms with Crippen molar-refractivity contribution in [3.63, 3.8) is 0 Å². The van der Waals surface area contributed by atoms with Gasteiger partial charge < -0.3 is 10.6 Å². The van der Waals surface area contributed by atoms with Crippen molar-refractivity contribution in [2.24, 2.45) is 0 Å². The fraction of sp³-hybridized carbons (Fsp3) is 0.733. The number of rotatable bonds is 5. The number of nitrogens with one attached hydrogen (secondary N) is 2. The van der Waals surface area contributed by atoms with Crippen LogP contribution in [-0.4, -0.2) is 23.9 Å². The van der Waals surface area contributed by atoms with Gasteiger partial charge in [0.1, 0.15) is 0 Å². The first-order valence-electron chi connectivity index (χ1n) is 7.10. The summed E-state index contributed by atoms with van der Waals surface area (Å²) >= 11 is 4.07. The molecule has 0 saturated carbocycles. The van der Waals surface area contributed by atoms with Gasteiger partial charge in [-0.15, -0.1) is 11.3 Å². The molecule has 2 N–H and O–H groups in total. The number of thioether (sulfide) groups is 1. The van der Waals surface area contributed by atoms with Crippen LogP contribution in [0.25, 0.3) is 0 Å². The summed E-state index contributed by atoms with van der Waals surface area (Å²) in [7, 11) is 0. The van der Waals surface area contributed by atoms with Gasteiger partial charge in [-0.05, 0) is 51.5 Å². The summed E-state index contributed by atoms with van der Waals surface area (Å²) in [5, 5.41) is 7.17. The van der Waals surface area contributed by atoms with Gasteiger partial charge in [0.2, 0.25) is 0 Å². The highest BCUT2D eigenvalue weighted by Gasteiger charge is 2.14. The Bertz CT molecular complexity index is 383. The van der Waals surface area contributed by atoms with Crippen molar-refractivity contribution in [1.29, 1.82) is 0 Å². The van der Waals surface area contributed by atoms with Gasteiger partial charge in [-0.25, -0.2) is 0 Å². The SMILES string of the molecule is CC(CNC(C)(C)C)NCc1cc2c(s1)CCSC2. The van der Waals surface area contributed by atoms with Crippen molar-refractivity contribution >= 4 is 23.1 Å². The molecule has 2 heterocycles. The molecule has 2 nitrogen and oxygen atoms in total. The van der Waals surface area contributed by atoms with E-state index >= 15 is 0 Å². The second kappa shape index (κ2) is 6.61. The maximum Gasteiger partial charge on any atom is 0.0302 e. The first kappa shape index (κ1) is 15.4. The maximum absolute atomic E-state index is 3.62. The molecular formula is C15H26N2S2. The molecular weight excluding hydrogens is 272 g/mol. The first-order valence-corrected chi connectivity index (χ1v) is 9.08. The normalized spacial score (nSPS) is 17.3. The quantitative estimate of drug-likeness (QED) is 0.871. The maximum atomic E-state index is 3.62. The van der Waals surface area contributed by atoms with Crippen LogP contribution in [0.4, 0.5) is 0 Å². The van der Waals surface area contributed by atoms with Crippen molar-refractivity contribution < 1.29 is 0 Å². The molecule has 1 aliphatic heterocycles. The number of hydrogen-bond donors (Lipinski definition) is 2. The molecule has 108 valence electrons. The van der Waals surface area contributed by atoms with Gasteiger partial charge in [-0.2, -0.15) is 11.8 Å². The van der Waals surface area contributed by atoms with Crippen molar-refractivity contribution in [2.75, 3.05) is 12.3 Å². The van der Waals surface area contributed by atoms with Gasteiger partial charge in [0.25, 0.3) is 0 Å². The molecule has 19 heavy (non-hydrogen) atoms. The van der Waals surface area contributed by atoms with Gasteiger partial charge in [0.15, 0.2) is 0 Å². The average Bonchev–Trinajstić information content (AvgIpc) is 2.75. The molecule has 4 heteroatoms. The number of fused-ring (bicyclic) bond motifs is 1. The predicted molar refractivity (Wildman–Crippen MR) is 88.2 cm³/mol. The lowest BCUT2D eigenvalue weighted by atomic mass is 10.1. The Balaban J connectivity index is 1.77. The molecule has 0 aliphatic carbocycles. The summed E-state index contributed by atoms with van der Waals surface area (Å²) in [6.45, 7) is 10.9. The minimum absolute atomic E-state index is 0.204. The second-order valence-corrected chi connectivity index (χ2v) is 8.70. The highest BCUT2D eigenvalue weighted by molar-refractivity contribution is 7.98. The third-order valence-corrected chi connectivity index (χ3v) is 5.49. The number of thiophene rings is 1. The minimum Gasteiger partial charge on any atom is -0.311 e. The molecule has 1 aliphatic rings. The molecule has 1 atom stereocenters. The summed E-state index contributed by atoms with van der Waals surface area (Å²) in [5.74, 6) is 2.51. The van der Waals surface area contributed by atoms with Crippen LogP contribution in [0.5, 0.6) is 0 Å². The summed E-state index contributed by atoms with van der Waals surface area (Å²) in [6.07, 6.45) is 1.27. The van der Waals surface area contributed by atoms with Crippen LogP contribution < -0.4 is 10.6 Å². The summed E-state index contributed by atoms with van der Waals surface area (Å²) in [4.78, 5) is 3.12. The number of hydrogen-bond acceptors (Lipinski definition) is 4. The van der Waals surface area contributed by atoms with Gasteiger partial charge in [-0.1, -0.05) is 0 Å². The first-order chi connectivity index (χ1) is 8.94. The van der Waals surface area contributed by atoms with E-state index < -0.39 is 0 Å². The van der Waals surface area contributed by atoms with E-state index in [4.69, 9.17) is 0 Å². The van der Waals surface area contributed by atoms with Crippen LogP contribution in [0.3, 0.4) is 0 Å². The summed E-state index contributed by atoms with van der Waals surface area (Å²) < 4.78 is 0. The van der Waals surface area contributed by atoms with Crippen molar-refractivity contribution in [3.8, 4) is 0 Å². The molecule has 2 rings (SSSR count). The molecule has 1 aromatic rings. The smallest absolute Gasteiger partial charge is 0.0302 e. The van der Waals surface area contributed by atoms with Crippen LogP contribution in [0, 0.1) is 0 Å². The zero-order chi connectivity index (χ0) is 13.9. The zero-order valence-corrected chi connectivity index (χ0v) is 14.1. The van der Waals surface area contributed by atoms with E-state index in [0.29, 0.717) is 6.04 Å². The summed E-state index contributed by atoms with van der Waals surface area (Å²) in [6, 6.07) is 2.91. The zero-order valence-electron chi connectivity index (χ0n) is 12.5. The van der Waals surface area contributed by atoms with E-state index in [0.717, 1.165) is 13.1 Å². The van der Waals surface area contributed by atoms with Gasteiger partial charge >= 0.3 is 0 Å². The van der Waals surface area contributed by atoms with Crippen LogP contribution in [-0.2, 0) is 18.7 Å². The lowest BCUT2D eigenvalue weighted by Crippen LogP contribution is -2.44. The minimum atomic E-state index is 0.204. The van der Waals surface area contributed by atoms with Crippen LogP contribution >= 0.6 is 23.1 Å². The standard InChI is InChI=1S/C15H26N2S2/c1-11(8-17-15(2,3)4)16-9-13-7-12-10-18-6-5-14(12)19-13/h7,11,16-17H,5-6,8-10H2,1-4H3. The molecule has 0 amide bonds. The molecule has 0 aromatic carbocycles. The van der Waals surface area contributed by atoms with E-state index in [1.165, 1.54) is 22.8 Å². The molecule has 0 saturated heterocycles.